The van der Waals surface area contributed by atoms with Crippen molar-refractivity contribution in [2.45, 2.75) is 0 Å². The zero-order valence-corrected chi connectivity index (χ0v) is 12.6. The number of hydrogen-bond acceptors (Lipinski definition) is 2. The van der Waals surface area contributed by atoms with E-state index in [0.29, 0.717) is 0 Å². The second-order valence-corrected chi connectivity index (χ2v) is 5.42. The summed E-state index contributed by atoms with van der Waals surface area (Å²) in [6, 6.07) is 18.6. The van der Waals surface area contributed by atoms with Crippen LogP contribution in [0, 0.1) is 0 Å². The second kappa shape index (κ2) is 5.93. The first-order valence-corrected chi connectivity index (χ1v) is 7.66. The highest BCUT2D eigenvalue weighted by atomic mass is 14.8. The number of benzene rings is 2. The first kappa shape index (κ1) is 13.5. The molecule has 2 aromatic carbocycles. The lowest BCUT2D eigenvalue weighted by atomic mass is 10.0. The molecule has 0 aliphatic carbocycles. The van der Waals surface area contributed by atoms with Gasteiger partial charge in [0.2, 0.25) is 0 Å². The fourth-order valence-corrected chi connectivity index (χ4v) is 2.84. The topological polar surface area (TPSA) is 24.9 Å². The largest absolute Gasteiger partial charge is 0.361 e. The average molecular weight is 296 g/mol. The van der Waals surface area contributed by atoms with Crippen molar-refractivity contribution in [2.24, 2.45) is 0 Å². The molecule has 0 unspecified atom stereocenters. The molecule has 1 aliphatic heterocycles. The molecule has 110 valence electrons. The molecule has 0 fully saturated rings. The summed E-state index contributed by atoms with van der Waals surface area (Å²) in [4.78, 5) is 4.40. The quantitative estimate of drug-likeness (QED) is 0.696. The minimum absolute atomic E-state index is 1.02. The van der Waals surface area contributed by atoms with Crippen molar-refractivity contribution in [1.29, 1.82) is 0 Å². The van der Waals surface area contributed by atoms with Gasteiger partial charge in [0.15, 0.2) is 0 Å². The highest BCUT2D eigenvalue weighted by Gasteiger charge is 2.06. The average Bonchev–Trinajstić information content (AvgIpc) is 2.62. The lowest BCUT2D eigenvalue weighted by molar-refractivity contribution is 1.41. The first-order valence-electron chi connectivity index (χ1n) is 7.66. The van der Waals surface area contributed by atoms with Gasteiger partial charge in [0.1, 0.15) is 0 Å². The molecule has 0 spiro atoms. The fraction of sp³-hybridized carbons (Fsp3) is 0. The first-order chi connectivity index (χ1) is 11.4. The number of hydrogen-bond donors (Lipinski definition) is 1. The molecule has 0 bridgehead atoms. The number of nitrogens with one attached hydrogen (secondary N) is 1. The van der Waals surface area contributed by atoms with Gasteiger partial charge < -0.3 is 5.32 Å². The Labute approximate surface area is 135 Å². The zero-order valence-electron chi connectivity index (χ0n) is 12.6. The number of pyridine rings is 1. The predicted octanol–water partition coefficient (Wildman–Crippen LogP) is 5.27. The summed E-state index contributed by atoms with van der Waals surface area (Å²) in [7, 11) is 0. The van der Waals surface area contributed by atoms with Crippen molar-refractivity contribution in [3.8, 4) is 0 Å². The van der Waals surface area contributed by atoms with Gasteiger partial charge in [0.25, 0.3) is 0 Å². The van der Waals surface area contributed by atoms with Crippen LogP contribution in [0.25, 0.3) is 22.6 Å². The van der Waals surface area contributed by atoms with E-state index in [1.807, 2.05) is 42.7 Å². The van der Waals surface area contributed by atoms with Crippen LogP contribution in [0.4, 0.5) is 5.69 Å². The van der Waals surface area contributed by atoms with Crippen molar-refractivity contribution >= 4 is 28.2 Å². The molecule has 1 aromatic heterocycles. The molecule has 2 nitrogen and oxygen atoms in total. The Kier molecular flexibility index (Phi) is 3.49. The van der Waals surface area contributed by atoms with Crippen LogP contribution in [0.5, 0.6) is 0 Å². The summed E-state index contributed by atoms with van der Waals surface area (Å²) < 4.78 is 0. The lowest BCUT2D eigenvalue weighted by Crippen LogP contribution is -1.98. The molecular formula is C21H16N2. The van der Waals surface area contributed by atoms with Gasteiger partial charge in [0, 0.05) is 29.0 Å². The monoisotopic (exact) mass is 296 g/mol. The third-order valence-corrected chi connectivity index (χ3v) is 3.97. The van der Waals surface area contributed by atoms with E-state index in [-0.39, 0.29) is 0 Å². The molecule has 4 rings (SSSR count). The van der Waals surface area contributed by atoms with E-state index in [0.717, 1.165) is 11.2 Å². The molecular weight excluding hydrogens is 280 g/mol. The SMILES string of the molecule is C(=Cc1ccnc2ccccc12)C=C1C=CNc2ccccc21. The van der Waals surface area contributed by atoms with E-state index in [4.69, 9.17) is 0 Å². The number of anilines is 1. The molecule has 2 heterocycles. The second-order valence-electron chi connectivity index (χ2n) is 5.42. The smallest absolute Gasteiger partial charge is 0.0707 e. The number of para-hydroxylation sites is 2. The molecule has 23 heavy (non-hydrogen) atoms. The minimum Gasteiger partial charge on any atom is -0.361 e. The normalized spacial score (nSPS) is 15.0. The van der Waals surface area contributed by atoms with Gasteiger partial charge >= 0.3 is 0 Å². The van der Waals surface area contributed by atoms with E-state index in [2.05, 4.69) is 58.9 Å². The number of fused-ring (bicyclic) bond motifs is 2. The van der Waals surface area contributed by atoms with E-state index < -0.39 is 0 Å². The van der Waals surface area contributed by atoms with Gasteiger partial charge in [-0.1, -0.05) is 54.6 Å². The van der Waals surface area contributed by atoms with Crippen molar-refractivity contribution in [1.82, 2.24) is 4.98 Å². The van der Waals surface area contributed by atoms with Crippen LogP contribution in [0.15, 0.2) is 85.2 Å². The Balaban J connectivity index is 1.69. The minimum atomic E-state index is 1.02. The summed E-state index contributed by atoms with van der Waals surface area (Å²) in [6.07, 6.45) is 12.3. The Morgan fingerprint density at radius 1 is 0.913 bits per heavy atom. The van der Waals surface area contributed by atoms with Gasteiger partial charge in [-0.2, -0.15) is 0 Å². The van der Waals surface area contributed by atoms with Gasteiger partial charge in [-0.25, -0.2) is 0 Å². The number of nitrogens with zero attached hydrogens (tertiary/aromatic N) is 1. The van der Waals surface area contributed by atoms with E-state index in [9.17, 15) is 0 Å². The van der Waals surface area contributed by atoms with Gasteiger partial charge in [-0.05, 0) is 35.4 Å². The Morgan fingerprint density at radius 3 is 2.78 bits per heavy atom. The van der Waals surface area contributed by atoms with E-state index in [1.165, 1.54) is 22.1 Å². The van der Waals surface area contributed by atoms with Crippen molar-refractivity contribution in [2.75, 3.05) is 5.32 Å². The van der Waals surface area contributed by atoms with Crippen molar-refractivity contribution < 1.29 is 0 Å². The third-order valence-electron chi connectivity index (χ3n) is 3.97. The Bertz CT molecular complexity index is 943. The molecule has 2 heteroatoms. The molecule has 1 N–H and O–H groups in total. The highest BCUT2D eigenvalue weighted by molar-refractivity contribution is 5.89. The molecule has 1 aliphatic rings. The van der Waals surface area contributed by atoms with E-state index >= 15 is 0 Å². The van der Waals surface area contributed by atoms with Crippen molar-refractivity contribution in [3.05, 3.63) is 96.3 Å². The van der Waals surface area contributed by atoms with Crippen LogP contribution < -0.4 is 5.32 Å². The molecule has 0 radical (unpaired) electrons. The Hall–Kier alpha value is -3.13. The van der Waals surface area contributed by atoms with Crippen LogP contribution in [0.2, 0.25) is 0 Å². The number of allylic oxidation sites excluding steroid dienone is 4. The Morgan fingerprint density at radius 2 is 1.78 bits per heavy atom. The van der Waals surface area contributed by atoms with E-state index in [1.54, 1.807) is 0 Å². The number of aromatic nitrogens is 1. The highest BCUT2D eigenvalue weighted by Crippen LogP contribution is 2.28. The zero-order chi connectivity index (χ0) is 15.5. The summed E-state index contributed by atoms with van der Waals surface area (Å²) in [5.74, 6) is 0. The molecule has 0 amide bonds. The van der Waals surface area contributed by atoms with Crippen LogP contribution in [0.3, 0.4) is 0 Å². The summed E-state index contributed by atoms with van der Waals surface area (Å²) in [5, 5.41) is 4.44. The molecule has 0 saturated heterocycles. The fourth-order valence-electron chi connectivity index (χ4n) is 2.84. The van der Waals surface area contributed by atoms with Crippen LogP contribution >= 0.6 is 0 Å². The van der Waals surface area contributed by atoms with Crippen molar-refractivity contribution in [3.63, 3.8) is 0 Å². The standard InChI is InChI=1S/C21H16N2/c1-3-10-20-18(8-1)16(12-14-22-20)6-5-7-17-13-15-23-21-11-4-2-9-19(17)21/h1-15,22H. The summed E-state index contributed by atoms with van der Waals surface area (Å²) in [6.45, 7) is 0. The van der Waals surface area contributed by atoms with Crippen LogP contribution in [-0.2, 0) is 0 Å². The predicted molar refractivity (Wildman–Crippen MR) is 98.0 cm³/mol. The summed E-state index contributed by atoms with van der Waals surface area (Å²) in [5.41, 5.74) is 5.77. The van der Waals surface area contributed by atoms with Crippen LogP contribution in [-0.4, -0.2) is 4.98 Å². The molecule has 0 saturated carbocycles. The molecule has 0 atom stereocenters. The third kappa shape index (κ3) is 2.67. The maximum Gasteiger partial charge on any atom is 0.0707 e. The maximum atomic E-state index is 4.40. The van der Waals surface area contributed by atoms with Gasteiger partial charge in [-0.3, -0.25) is 4.98 Å². The lowest BCUT2D eigenvalue weighted by Gasteiger charge is -2.14. The number of rotatable bonds is 2. The van der Waals surface area contributed by atoms with Gasteiger partial charge in [-0.15, -0.1) is 0 Å². The molecule has 3 aromatic rings. The van der Waals surface area contributed by atoms with Crippen LogP contribution in [0.1, 0.15) is 11.1 Å². The van der Waals surface area contributed by atoms with Gasteiger partial charge in [0.05, 0.1) is 5.52 Å². The maximum absolute atomic E-state index is 4.40. The summed E-state index contributed by atoms with van der Waals surface area (Å²) >= 11 is 0.